The summed E-state index contributed by atoms with van der Waals surface area (Å²) in [5.41, 5.74) is 1.82. The van der Waals surface area contributed by atoms with Gasteiger partial charge >= 0.3 is 12.2 Å². The van der Waals surface area contributed by atoms with E-state index in [1.165, 1.54) is 6.07 Å². The number of halogens is 4. The molecule has 1 N–H and O–H groups in total. The number of hydrogen-bond acceptors (Lipinski definition) is 3. The number of allylic oxidation sites excluding steroid dienone is 1. The molecule has 1 aliphatic heterocycles. The zero-order chi connectivity index (χ0) is 25.7. The summed E-state index contributed by atoms with van der Waals surface area (Å²) in [6.45, 7) is 3.19. The molecule has 1 unspecified atom stereocenters. The summed E-state index contributed by atoms with van der Waals surface area (Å²) in [7, 11) is 0. The zero-order valence-electron chi connectivity index (χ0n) is 19.8. The zero-order valence-corrected chi connectivity index (χ0v) is 20.6. The van der Waals surface area contributed by atoms with Gasteiger partial charge in [0.05, 0.1) is 22.2 Å². The molecule has 2 aromatic rings. The summed E-state index contributed by atoms with van der Waals surface area (Å²) in [5, 5.41) is 11.4. The monoisotopic (exact) mass is 516 g/mol. The van der Waals surface area contributed by atoms with E-state index in [9.17, 15) is 23.2 Å². The lowest BCUT2D eigenvalue weighted by atomic mass is 9.89. The summed E-state index contributed by atoms with van der Waals surface area (Å²) in [6.07, 6.45) is 1.86. The van der Waals surface area contributed by atoms with E-state index in [0.717, 1.165) is 68.6 Å². The lowest BCUT2D eigenvalue weighted by molar-refractivity contribution is -0.137. The first-order valence-electron chi connectivity index (χ1n) is 12.1. The second kappa shape index (κ2) is 11.4. The van der Waals surface area contributed by atoms with Crippen molar-refractivity contribution in [3.05, 3.63) is 70.3 Å². The van der Waals surface area contributed by atoms with Crippen LogP contribution in [0.4, 0.5) is 23.7 Å². The van der Waals surface area contributed by atoms with Crippen LogP contribution in [0.2, 0.25) is 5.02 Å². The van der Waals surface area contributed by atoms with Gasteiger partial charge in [-0.15, -0.1) is 0 Å². The van der Waals surface area contributed by atoms with Gasteiger partial charge in [-0.3, -0.25) is 0 Å². The predicted octanol–water partition coefficient (Wildman–Crippen LogP) is 6.80. The highest BCUT2D eigenvalue weighted by Gasteiger charge is 2.34. The quantitative estimate of drug-likeness (QED) is 0.459. The van der Waals surface area contributed by atoms with Crippen molar-refractivity contribution in [2.75, 3.05) is 31.5 Å². The van der Waals surface area contributed by atoms with Crippen LogP contribution in [0.25, 0.3) is 5.57 Å². The number of benzene rings is 2. The highest BCUT2D eigenvalue weighted by atomic mass is 35.5. The SMILES string of the molecule is N#Cc1cccc(C2=CCC(N(CCN3CCCC3)C(=O)Nc3ccc(Cl)c(C(F)(F)F)c3)CC2)c1. The number of nitrogens with zero attached hydrogens (tertiary/aromatic N) is 3. The highest BCUT2D eigenvalue weighted by molar-refractivity contribution is 6.31. The first kappa shape index (κ1) is 26.1. The van der Waals surface area contributed by atoms with E-state index < -0.39 is 22.8 Å². The number of rotatable bonds is 6. The molecular weight excluding hydrogens is 489 g/mol. The normalized spacial score (nSPS) is 18.4. The number of hydrogen-bond donors (Lipinski definition) is 1. The molecule has 5 nitrogen and oxygen atoms in total. The van der Waals surface area contributed by atoms with Crippen molar-refractivity contribution in [2.24, 2.45) is 0 Å². The minimum atomic E-state index is -4.61. The number of carbonyl (C=O) groups excluding carboxylic acids is 1. The maximum Gasteiger partial charge on any atom is 0.417 e. The van der Waals surface area contributed by atoms with Gasteiger partial charge in [-0.05, 0) is 86.7 Å². The fraction of sp³-hybridized carbons (Fsp3) is 0.407. The minimum Gasteiger partial charge on any atom is -0.320 e. The number of anilines is 1. The molecule has 190 valence electrons. The summed E-state index contributed by atoms with van der Waals surface area (Å²) in [6, 6.07) is 12.5. The smallest absolute Gasteiger partial charge is 0.320 e. The van der Waals surface area contributed by atoms with Gasteiger partial charge in [0.25, 0.3) is 0 Å². The van der Waals surface area contributed by atoms with Crippen molar-refractivity contribution in [3.63, 3.8) is 0 Å². The van der Waals surface area contributed by atoms with Crippen LogP contribution in [0.5, 0.6) is 0 Å². The van der Waals surface area contributed by atoms with E-state index in [4.69, 9.17) is 11.6 Å². The molecule has 1 saturated heterocycles. The number of alkyl halides is 3. The van der Waals surface area contributed by atoms with Crippen molar-refractivity contribution in [1.82, 2.24) is 9.80 Å². The maximum absolute atomic E-state index is 13.3. The molecule has 9 heteroatoms. The van der Waals surface area contributed by atoms with E-state index in [2.05, 4.69) is 22.4 Å². The van der Waals surface area contributed by atoms with Crippen molar-refractivity contribution in [3.8, 4) is 6.07 Å². The molecule has 2 amide bonds. The van der Waals surface area contributed by atoms with E-state index in [0.29, 0.717) is 18.5 Å². The lowest BCUT2D eigenvalue weighted by Gasteiger charge is -2.35. The molecule has 0 spiro atoms. The number of nitrogens with one attached hydrogen (secondary N) is 1. The van der Waals surface area contributed by atoms with Gasteiger partial charge in [0, 0.05) is 24.8 Å². The Morgan fingerprint density at radius 1 is 1.19 bits per heavy atom. The Hall–Kier alpha value is -3.02. The second-order valence-corrected chi connectivity index (χ2v) is 9.62. The standard InChI is InChI=1S/C27H28ClF3N4O/c28-25-11-8-22(17-24(25)27(29,30)31)33-26(36)35(15-14-34-12-1-2-13-34)23-9-6-20(7-10-23)21-5-3-4-19(16-21)18-32/h3-6,8,11,16-17,23H,1-2,7,9-10,12-15H2,(H,33,36). The van der Waals surface area contributed by atoms with Crippen LogP contribution >= 0.6 is 11.6 Å². The van der Waals surface area contributed by atoms with Crippen LogP contribution in [0.1, 0.15) is 48.8 Å². The van der Waals surface area contributed by atoms with Crippen LogP contribution < -0.4 is 5.32 Å². The van der Waals surface area contributed by atoms with Crippen molar-refractivity contribution >= 4 is 28.9 Å². The number of carbonyl (C=O) groups is 1. The number of amides is 2. The first-order valence-corrected chi connectivity index (χ1v) is 12.5. The molecule has 0 radical (unpaired) electrons. The first-order chi connectivity index (χ1) is 17.2. The van der Waals surface area contributed by atoms with Crippen molar-refractivity contribution in [1.29, 1.82) is 5.26 Å². The maximum atomic E-state index is 13.3. The van der Waals surface area contributed by atoms with Crippen LogP contribution in [-0.4, -0.2) is 48.1 Å². The molecule has 0 bridgehead atoms. The van der Waals surface area contributed by atoms with Gasteiger partial charge < -0.3 is 15.1 Å². The average Bonchev–Trinajstić information content (AvgIpc) is 3.39. The Morgan fingerprint density at radius 3 is 2.64 bits per heavy atom. The van der Waals surface area contributed by atoms with Gasteiger partial charge in [0.15, 0.2) is 0 Å². The fourth-order valence-electron chi connectivity index (χ4n) is 4.87. The predicted molar refractivity (Wildman–Crippen MR) is 135 cm³/mol. The van der Waals surface area contributed by atoms with E-state index in [-0.39, 0.29) is 11.7 Å². The van der Waals surface area contributed by atoms with Gasteiger partial charge in [-0.1, -0.05) is 29.8 Å². The summed E-state index contributed by atoms with van der Waals surface area (Å²) < 4.78 is 39.9. The average molecular weight is 517 g/mol. The number of likely N-dealkylation sites (tertiary alicyclic amines) is 1. The van der Waals surface area contributed by atoms with Gasteiger partial charge in [-0.2, -0.15) is 18.4 Å². The van der Waals surface area contributed by atoms with Crippen LogP contribution in [-0.2, 0) is 6.18 Å². The second-order valence-electron chi connectivity index (χ2n) is 9.21. The summed E-state index contributed by atoms with van der Waals surface area (Å²) in [4.78, 5) is 17.4. The van der Waals surface area contributed by atoms with Gasteiger partial charge in [0.1, 0.15) is 0 Å². The largest absolute Gasteiger partial charge is 0.417 e. The minimum absolute atomic E-state index is 0.0586. The summed E-state index contributed by atoms with van der Waals surface area (Å²) in [5.74, 6) is 0. The summed E-state index contributed by atoms with van der Waals surface area (Å²) >= 11 is 5.73. The molecule has 0 saturated carbocycles. The van der Waals surface area contributed by atoms with Crippen LogP contribution in [0.3, 0.4) is 0 Å². The Kier molecular flexibility index (Phi) is 8.22. The van der Waals surface area contributed by atoms with Gasteiger partial charge in [-0.25, -0.2) is 4.79 Å². The Bertz CT molecular complexity index is 1170. The third kappa shape index (κ3) is 6.40. The molecule has 1 fully saturated rings. The third-order valence-corrected chi connectivity index (χ3v) is 7.16. The van der Waals surface area contributed by atoms with Crippen molar-refractivity contribution < 1.29 is 18.0 Å². The third-order valence-electron chi connectivity index (χ3n) is 6.83. The van der Waals surface area contributed by atoms with E-state index in [1.54, 1.807) is 11.0 Å². The van der Waals surface area contributed by atoms with Crippen LogP contribution in [0, 0.1) is 11.3 Å². The fourth-order valence-corrected chi connectivity index (χ4v) is 5.10. The topological polar surface area (TPSA) is 59.4 Å². The van der Waals surface area contributed by atoms with Crippen LogP contribution in [0.15, 0.2) is 48.5 Å². The molecule has 1 heterocycles. The Labute approximate surface area is 214 Å². The number of nitriles is 1. The molecular formula is C27H28ClF3N4O. The lowest BCUT2D eigenvalue weighted by Crippen LogP contribution is -2.47. The Balaban J connectivity index is 1.50. The van der Waals surface area contributed by atoms with Crippen molar-refractivity contribution in [2.45, 2.75) is 44.3 Å². The Morgan fingerprint density at radius 2 is 1.97 bits per heavy atom. The molecule has 2 aromatic carbocycles. The molecule has 1 aliphatic carbocycles. The van der Waals surface area contributed by atoms with Gasteiger partial charge in [0.2, 0.25) is 0 Å². The molecule has 36 heavy (non-hydrogen) atoms. The van der Waals surface area contributed by atoms with E-state index >= 15 is 0 Å². The molecule has 4 rings (SSSR count). The highest BCUT2D eigenvalue weighted by Crippen LogP contribution is 2.36. The molecule has 0 aromatic heterocycles. The van der Waals surface area contributed by atoms with E-state index in [1.807, 2.05) is 18.2 Å². The number of urea groups is 1. The molecule has 2 aliphatic rings. The molecule has 1 atom stereocenters.